The van der Waals surface area contributed by atoms with Gasteiger partial charge in [-0.25, -0.2) is 9.78 Å². The molecule has 1 aromatic rings. The molecule has 1 heterocycles. The molecule has 0 bridgehead atoms. The van der Waals surface area contributed by atoms with Gasteiger partial charge in [0, 0.05) is 6.42 Å². The molecule has 0 amide bonds. The first-order chi connectivity index (χ1) is 8.31. The molecule has 1 fully saturated rings. The first-order valence-corrected chi connectivity index (χ1v) is 6.40. The van der Waals surface area contributed by atoms with Gasteiger partial charge in [0.15, 0.2) is 12.1 Å². The second-order valence-corrected chi connectivity index (χ2v) is 4.55. The van der Waals surface area contributed by atoms with Crippen LogP contribution in [0.4, 0.5) is 0 Å². The maximum absolute atomic E-state index is 11.6. The van der Waals surface area contributed by atoms with Gasteiger partial charge in [0.1, 0.15) is 5.76 Å². The molecule has 0 aromatic carbocycles. The topological polar surface area (TPSA) is 52.3 Å². The number of ether oxygens (including phenoxy) is 1. The quantitative estimate of drug-likeness (QED) is 0.755. The molecule has 0 aliphatic heterocycles. The van der Waals surface area contributed by atoms with Crippen LogP contribution in [0.2, 0.25) is 0 Å². The highest BCUT2D eigenvalue weighted by molar-refractivity contribution is 5.88. The molecule has 4 heteroatoms. The van der Waals surface area contributed by atoms with E-state index in [2.05, 4.69) is 4.98 Å². The van der Waals surface area contributed by atoms with Crippen LogP contribution in [0, 0.1) is 5.92 Å². The Kier molecular flexibility index (Phi) is 4.18. The number of carbonyl (C=O) groups excluding carboxylic acids is 1. The Morgan fingerprint density at radius 3 is 2.94 bits per heavy atom. The number of hydrogen-bond donors (Lipinski definition) is 0. The second-order valence-electron chi connectivity index (χ2n) is 4.55. The third-order valence-corrected chi connectivity index (χ3v) is 3.31. The standard InChI is InChI=1S/C13H19NO3/c1-2-16-13(15)12-11(17-9-14-12)8-10-6-4-3-5-7-10/h9-10H,2-8H2,1H3. The Hall–Kier alpha value is -1.32. The van der Waals surface area contributed by atoms with E-state index in [9.17, 15) is 4.79 Å². The summed E-state index contributed by atoms with van der Waals surface area (Å²) in [4.78, 5) is 15.6. The molecule has 0 unspecified atom stereocenters. The van der Waals surface area contributed by atoms with E-state index in [1.807, 2.05) is 0 Å². The molecule has 0 spiro atoms. The summed E-state index contributed by atoms with van der Waals surface area (Å²) in [5.74, 6) is 0.951. The zero-order chi connectivity index (χ0) is 12.1. The minimum atomic E-state index is -0.368. The lowest BCUT2D eigenvalue weighted by atomic mass is 9.86. The maximum atomic E-state index is 11.6. The van der Waals surface area contributed by atoms with Crippen molar-refractivity contribution < 1.29 is 13.9 Å². The molecular weight excluding hydrogens is 218 g/mol. The van der Waals surface area contributed by atoms with Crippen LogP contribution in [0.15, 0.2) is 10.8 Å². The molecule has 1 aromatic heterocycles. The summed E-state index contributed by atoms with van der Waals surface area (Å²) in [7, 11) is 0. The molecule has 94 valence electrons. The highest BCUT2D eigenvalue weighted by Crippen LogP contribution is 2.27. The van der Waals surface area contributed by atoms with Gasteiger partial charge in [-0.15, -0.1) is 0 Å². The van der Waals surface area contributed by atoms with Crippen molar-refractivity contribution >= 4 is 5.97 Å². The molecule has 0 radical (unpaired) electrons. The SMILES string of the molecule is CCOC(=O)c1ncoc1CC1CCCCC1. The lowest BCUT2D eigenvalue weighted by Crippen LogP contribution is -2.13. The van der Waals surface area contributed by atoms with Crippen LogP contribution in [0.1, 0.15) is 55.3 Å². The molecule has 0 N–H and O–H groups in total. The second kappa shape index (κ2) is 5.84. The van der Waals surface area contributed by atoms with E-state index in [0.29, 0.717) is 24.0 Å². The predicted octanol–water partition coefficient (Wildman–Crippen LogP) is 2.97. The Labute approximate surface area is 101 Å². The van der Waals surface area contributed by atoms with E-state index in [-0.39, 0.29) is 5.97 Å². The average molecular weight is 237 g/mol. The number of aromatic nitrogens is 1. The fraction of sp³-hybridized carbons (Fsp3) is 0.692. The highest BCUT2D eigenvalue weighted by atomic mass is 16.5. The number of nitrogens with zero attached hydrogens (tertiary/aromatic N) is 1. The zero-order valence-corrected chi connectivity index (χ0v) is 10.3. The third kappa shape index (κ3) is 3.08. The van der Waals surface area contributed by atoms with Crippen molar-refractivity contribution in [1.29, 1.82) is 0 Å². The predicted molar refractivity (Wildman–Crippen MR) is 62.7 cm³/mol. The van der Waals surface area contributed by atoms with Gasteiger partial charge in [-0.2, -0.15) is 0 Å². The third-order valence-electron chi connectivity index (χ3n) is 3.31. The Balaban J connectivity index is 2.00. The summed E-state index contributed by atoms with van der Waals surface area (Å²) in [5, 5.41) is 0. The van der Waals surface area contributed by atoms with Crippen LogP contribution >= 0.6 is 0 Å². The molecular formula is C13H19NO3. The van der Waals surface area contributed by atoms with E-state index in [1.54, 1.807) is 6.92 Å². The van der Waals surface area contributed by atoms with Crippen LogP contribution in [0.25, 0.3) is 0 Å². The van der Waals surface area contributed by atoms with Gasteiger partial charge in [0.25, 0.3) is 0 Å². The Morgan fingerprint density at radius 2 is 2.24 bits per heavy atom. The summed E-state index contributed by atoms with van der Waals surface area (Å²) in [5.41, 5.74) is 0.359. The maximum Gasteiger partial charge on any atom is 0.360 e. The Bertz CT molecular complexity index is 366. The van der Waals surface area contributed by atoms with E-state index in [4.69, 9.17) is 9.15 Å². The van der Waals surface area contributed by atoms with Crippen LogP contribution in [-0.2, 0) is 11.2 Å². The van der Waals surface area contributed by atoms with Crippen molar-refractivity contribution in [3.8, 4) is 0 Å². The lowest BCUT2D eigenvalue weighted by molar-refractivity contribution is 0.0517. The summed E-state index contributed by atoms with van der Waals surface area (Å²) >= 11 is 0. The van der Waals surface area contributed by atoms with E-state index in [1.165, 1.54) is 38.5 Å². The summed E-state index contributed by atoms with van der Waals surface area (Å²) < 4.78 is 10.3. The van der Waals surface area contributed by atoms with Crippen molar-refractivity contribution in [3.63, 3.8) is 0 Å². The fourth-order valence-corrected chi connectivity index (χ4v) is 2.43. The molecule has 1 aliphatic carbocycles. The van der Waals surface area contributed by atoms with Gasteiger partial charge in [-0.1, -0.05) is 32.1 Å². The van der Waals surface area contributed by atoms with E-state index >= 15 is 0 Å². The van der Waals surface area contributed by atoms with Gasteiger partial charge in [-0.05, 0) is 12.8 Å². The van der Waals surface area contributed by atoms with Crippen molar-refractivity contribution in [1.82, 2.24) is 4.98 Å². The van der Waals surface area contributed by atoms with Crippen LogP contribution in [-0.4, -0.2) is 17.6 Å². The smallest absolute Gasteiger partial charge is 0.360 e. The van der Waals surface area contributed by atoms with Crippen LogP contribution < -0.4 is 0 Å². The Morgan fingerprint density at radius 1 is 1.47 bits per heavy atom. The number of rotatable bonds is 4. The minimum absolute atomic E-state index is 0.359. The largest absolute Gasteiger partial charge is 0.461 e. The molecule has 4 nitrogen and oxygen atoms in total. The molecule has 0 atom stereocenters. The highest BCUT2D eigenvalue weighted by Gasteiger charge is 2.22. The van der Waals surface area contributed by atoms with E-state index in [0.717, 1.165) is 6.42 Å². The van der Waals surface area contributed by atoms with Crippen molar-refractivity contribution in [2.75, 3.05) is 6.61 Å². The number of oxazole rings is 1. The van der Waals surface area contributed by atoms with Crippen molar-refractivity contribution in [2.45, 2.75) is 45.4 Å². The van der Waals surface area contributed by atoms with Crippen LogP contribution in [0.3, 0.4) is 0 Å². The van der Waals surface area contributed by atoms with Crippen LogP contribution in [0.5, 0.6) is 0 Å². The molecule has 2 rings (SSSR count). The van der Waals surface area contributed by atoms with Gasteiger partial charge in [0.05, 0.1) is 6.61 Å². The van der Waals surface area contributed by atoms with E-state index < -0.39 is 0 Å². The van der Waals surface area contributed by atoms with Gasteiger partial charge in [0.2, 0.25) is 0 Å². The monoisotopic (exact) mass is 237 g/mol. The summed E-state index contributed by atoms with van der Waals surface area (Å²) in [6.07, 6.45) is 8.50. The summed E-state index contributed by atoms with van der Waals surface area (Å²) in [6, 6.07) is 0. The first-order valence-electron chi connectivity index (χ1n) is 6.40. The number of hydrogen-bond acceptors (Lipinski definition) is 4. The summed E-state index contributed by atoms with van der Waals surface area (Å²) in [6.45, 7) is 2.16. The first kappa shape index (κ1) is 12.1. The fourth-order valence-electron chi connectivity index (χ4n) is 2.43. The average Bonchev–Trinajstić information content (AvgIpc) is 2.79. The minimum Gasteiger partial charge on any atom is -0.461 e. The molecule has 1 saturated carbocycles. The number of esters is 1. The molecule has 17 heavy (non-hydrogen) atoms. The van der Waals surface area contributed by atoms with Crippen molar-refractivity contribution in [3.05, 3.63) is 17.8 Å². The van der Waals surface area contributed by atoms with Crippen molar-refractivity contribution in [2.24, 2.45) is 5.92 Å². The molecule has 1 aliphatic rings. The lowest BCUT2D eigenvalue weighted by Gasteiger charge is -2.20. The molecule has 0 saturated heterocycles. The zero-order valence-electron chi connectivity index (χ0n) is 10.3. The van der Waals surface area contributed by atoms with Gasteiger partial charge < -0.3 is 9.15 Å². The van der Waals surface area contributed by atoms with Gasteiger partial charge in [-0.3, -0.25) is 0 Å². The normalized spacial score (nSPS) is 17.0. The number of carbonyl (C=O) groups is 1. The van der Waals surface area contributed by atoms with Gasteiger partial charge >= 0.3 is 5.97 Å².